The summed E-state index contributed by atoms with van der Waals surface area (Å²) in [6.45, 7) is 5.27. The van der Waals surface area contributed by atoms with E-state index in [0.717, 1.165) is 16.7 Å². The Bertz CT molecular complexity index is 2160. The van der Waals surface area contributed by atoms with E-state index in [-0.39, 0.29) is 17.1 Å². The molecule has 5 aromatic rings. The van der Waals surface area contributed by atoms with Crippen LogP contribution in [0.4, 0.5) is 5.13 Å². The maximum atomic E-state index is 14.0. The average molecular weight is 778 g/mol. The van der Waals surface area contributed by atoms with Gasteiger partial charge in [0.25, 0.3) is 11.8 Å². The predicted molar refractivity (Wildman–Crippen MR) is 208 cm³/mol. The van der Waals surface area contributed by atoms with Crippen LogP contribution in [-0.4, -0.2) is 78.4 Å². The first-order chi connectivity index (χ1) is 26.5. The smallest absolute Gasteiger partial charge is 0.356 e. The molecule has 1 fully saturated rings. The standard InChI is InChI=1S/C39H39N9O5S2/c1-38(2,3)53-35(51)32-29(55-37-43-45-46-47(37)4)22-21-28-31(34(50)48(28)32)41-33(49)30(44-52-5)27-23-54-36(40-27)42-39(24-15-9-6-10-16-24,25-17-11-7-12-18-25)26-19-13-8-14-20-26/h6-20,23,28,31H,21-22H2,1-5H3,(H,40,42)(H,41,49). The molecule has 7 rings (SSSR count). The second kappa shape index (κ2) is 15.5. The van der Waals surface area contributed by atoms with Gasteiger partial charge in [0.1, 0.15) is 35.7 Å². The number of rotatable bonds is 12. The van der Waals surface area contributed by atoms with E-state index >= 15 is 0 Å². The zero-order valence-electron chi connectivity index (χ0n) is 30.8. The third-order valence-corrected chi connectivity index (χ3v) is 11.1. The second-order valence-electron chi connectivity index (χ2n) is 13.9. The minimum Gasteiger partial charge on any atom is -0.455 e. The second-order valence-corrected chi connectivity index (χ2v) is 15.8. The Morgan fingerprint density at radius 3 is 2.07 bits per heavy atom. The van der Waals surface area contributed by atoms with E-state index in [1.54, 1.807) is 33.2 Å². The lowest BCUT2D eigenvalue weighted by molar-refractivity contribution is -0.162. The van der Waals surface area contributed by atoms with E-state index in [0.29, 0.717) is 28.0 Å². The molecule has 55 heavy (non-hydrogen) atoms. The number of hydrogen-bond donors (Lipinski definition) is 2. The van der Waals surface area contributed by atoms with Gasteiger partial charge in [0.15, 0.2) is 10.8 Å². The summed E-state index contributed by atoms with van der Waals surface area (Å²) in [4.78, 5) is 53.3. The molecule has 0 radical (unpaired) electrons. The van der Waals surface area contributed by atoms with Crippen LogP contribution in [0.1, 0.15) is 56.0 Å². The van der Waals surface area contributed by atoms with Gasteiger partial charge < -0.3 is 20.2 Å². The quantitative estimate of drug-likeness (QED) is 0.0559. The molecule has 3 aromatic carbocycles. The highest BCUT2D eigenvalue weighted by molar-refractivity contribution is 8.03. The number of tetrazole rings is 1. The van der Waals surface area contributed by atoms with Crippen LogP contribution in [0.2, 0.25) is 0 Å². The summed E-state index contributed by atoms with van der Waals surface area (Å²) in [6, 6.07) is 28.9. The molecule has 2 N–H and O–H groups in total. The number of benzene rings is 3. The SMILES string of the molecule is CON=C(C(=O)NC1C(=O)N2C(C(=O)OC(C)(C)C)=C(Sc3nnnn3C)CCC12)c1csc(NC(c2ccccc2)(c2ccccc2)c2ccccc2)n1. The maximum absolute atomic E-state index is 14.0. The van der Waals surface area contributed by atoms with Crippen LogP contribution in [-0.2, 0) is 36.5 Å². The molecule has 2 aromatic heterocycles. The molecule has 4 heterocycles. The highest BCUT2D eigenvalue weighted by Gasteiger charge is 2.54. The van der Waals surface area contributed by atoms with Crippen molar-refractivity contribution >= 4 is 51.7 Å². The van der Waals surface area contributed by atoms with Crippen molar-refractivity contribution in [1.82, 2.24) is 35.4 Å². The molecule has 2 unspecified atom stereocenters. The van der Waals surface area contributed by atoms with Crippen LogP contribution >= 0.6 is 23.1 Å². The summed E-state index contributed by atoms with van der Waals surface area (Å²) >= 11 is 2.51. The molecule has 282 valence electrons. The molecule has 1 saturated heterocycles. The lowest BCUT2D eigenvalue weighted by Gasteiger charge is -2.50. The number of nitrogens with zero attached hydrogens (tertiary/aromatic N) is 7. The number of thiazole rings is 1. The average Bonchev–Trinajstić information content (AvgIpc) is 3.83. The van der Waals surface area contributed by atoms with Crippen LogP contribution in [0.3, 0.4) is 0 Å². The van der Waals surface area contributed by atoms with Gasteiger partial charge in [0, 0.05) is 17.3 Å². The number of hydrogen-bond acceptors (Lipinski definition) is 13. The summed E-state index contributed by atoms with van der Waals surface area (Å²) in [6.07, 6.45) is 0.901. The molecule has 14 nitrogen and oxygen atoms in total. The Hall–Kier alpha value is -5.87. The number of allylic oxidation sites excluding steroid dienone is 1. The fourth-order valence-electron chi connectivity index (χ4n) is 6.75. The van der Waals surface area contributed by atoms with Gasteiger partial charge in [-0.15, -0.1) is 16.4 Å². The molecule has 0 saturated carbocycles. The van der Waals surface area contributed by atoms with Crippen LogP contribution < -0.4 is 10.6 Å². The molecular formula is C39H39N9O5S2. The molecule has 0 aliphatic carbocycles. The number of amides is 2. The summed E-state index contributed by atoms with van der Waals surface area (Å²) in [5, 5.41) is 24.9. The third-order valence-electron chi connectivity index (χ3n) is 9.13. The number of aromatic nitrogens is 5. The number of ether oxygens (including phenoxy) is 1. The lowest BCUT2D eigenvalue weighted by atomic mass is 9.77. The van der Waals surface area contributed by atoms with Gasteiger partial charge in [-0.1, -0.05) is 108 Å². The van der Waals surface area contributed by atoms with Gasteiger partial charge in [-0.3, -0.25) is 14.5 Å². The van der Waals surface area contributed by atoms with Gasteiger partial charge in [0.05, 0.1) is 6.04 Å². The van der Waals surface area contributed by atoms with Crippen LogP contribution in [0.15, 0.2) is 117 Å². The van der Waals surface area contributed by atoms with Crippen molar-refractivity contribution in [2.24, 2.45) is 12.2 Å². The van der Waals surface area contributed by atoms with Gasteiger partial charge in [-0.2, -0.15) is 0 Å². The highest BCUT2D eigenvalue weighted by atomic mass is 32.2. The molecular weight excluding hydrogens is 739 g/mol. The summed E-state index contributed by atoms with van der Waals surface area (Å²) < 4.78 is 7.21. The number of β-lactam (4-membered cyclic amide) rings is 1. The fraction of sp³-hybridized carbons (Fsp3) is 0.282. The van der Waals surface area contributed by atoms with E-state index in [9.17, 15) is 14.4 Å². The number of fused-ring (bicyclic) bond motifs is 1. The minimum atomic E-state index is -0.923. The van der Waals surface area contributed by atoms with E-state index < -0.39 is 41.0 Å². The van der Waals surface area contributed by atoms with Crippen molar-refractivity contribution in [2.45, 2.75) is 62.0 Å². The van der Waals surface area contributed by atoms with Crippen molar-refractivity contribution in [3.8, 4) is 0 Å². The zero-order chi connectivity index (χ0) is 38.7. The van der Waals surface area contributed by atoms with E-state index in [4.69, 9.17) is 14.6 Å². The first-order valence-corrected chi connectivity index (χ1v) is 19.2. The Morgan fingerprint density at radius 2 is 1.55 bits per heavy atom. The maximum Gasteiger partial charge on any atom is 0.356 e. The molecule has 2 aliphatic heterocycles. The fourth-order valence-corrected chi connectivity index (χ4v) is 8.46. The monoisotopic (exact) mass is 777 g/mol. The Labute approximate surface area is 326 Å². The van der Waals surface area contributed by atoms with E-state index in [1.807, 2.05) is 54.6 Å². The minimum absolute atomic E-state index is 0.104. The summed E-state index contributed by atoms with van der Waals surface area (Å²) in [7, 11) is 3.03. The third kappa shape index (κ3) is 7.47. The number of anilines is 1. The zero-order valence-corrected chi connectivity index (χ0v) is 32.4. The van der Waals surface area contributed by atoms with Crippen molar-refractivity contribution in [3.05, 3.63) is 129 Å². The summed E-state index contributed by atoms with van der Waals surface area (Å²) in [5.74, 6) is -1.75. The van der Waals surface area contributed by atoms with E-state index in [1.165, 1.54) is 39.8 Å². The topological polar surface area (TPSA) is 166 Å². The lowest BCUT2D eigenvalue weighted by Crippen LogP contribution is -2.72. The number of nitrogens with one attached hydrogen (secondary N) is 2. The molecule has 16 heteroatoms. The van der Waals surface area contributed by atoms with Gasteiger partial charge in [-0.05, 0) is 60.7 Å². The molecule has 2 amide bonds. The number of esters is 1. The number of carbonyl (C=O) groups excluding carboxylic acids is 3. The highest BCUT2D eigenvalue weighted by Crippen LogP contribution is 2.44. The van der Waals surface area contributed by atoms with Gasteiger partial charge >= 0.3 is 5.97 Å². The molecule has 0 bridgehead atoms. The van der Waals surface area contributed by atoms with Gasteiger partial charge in [0.2, 0.25) is 5.16 Å². The van der Waals surface area contributed by atoms with Gasteiger partial charge in [-0.25, -0.2) is 14.5 Å². The van der Waals surface area contributed by atoms with Crippen molar-refractivity contribution in [3.63, 3.8) is 0 Å². The Balaban J connectivity index is 1.15. The van der Waals surface area contributed by atoms with Crippen molar-refractivity contribution in [1.29, 1.82) is 0 Å². The van der Waals surface area contributed by atoms with Crippen LogP contribution in [0.25, 0.3) is 0 Å². The molecule has 2 aliphatic rings. The normalized spacial score (nSPS) is 17.3. The number of thioether (sulfide) groups is 1. The number of carbonyl (C=O) groups is 3. The van der Waals surface area contributed by atoms with Crippen molar-refractivity contribution < 1.29 is 24.0 Å². The summed E-state index contributed by atoms with van der Waals surface area (Å²) in [5.41, 5.74) is 1.58. The molecule has 0 spiro atoms. The number of aryl methyl sites for hydroxylation is 1. The number of oxime groups is 1. The Kier molecular flexibility index (Phi) is 10.5. The molecule has 2 atom stereocenters. The van der Waals surface area contributed by atoms with Crippen LogP contribution in [0.5, 0.6) is 0 Å². The largest absolute Gasteiger partial charge is 0.455 e. The van der Waals surface area contributed by atoms with E-state index in [2.05, 4.69) is 67.7 Å². The first kappa shape index (κ1) is 37.4. The predicted octanol–water partition coefficient (Wildman–Crippen LogP) is 5.26. The van der Waals surface area contributed by atoms with Crippen molar-refractivity contribution in [2.75, 3.05) is 12.4 Å². The van der Waals surface area contributed by atoms with Crippen LogP contribution in [0, 0.1) is 0 Å². The Morgan fingerprint density at radius 1 is 0.945 bits per heavy atom. The first-order valence-electron chi connectivity index (χ1n) is 17.5.